The number of benzene rings is 2. The highest BCUT2D eigenvalue weighted by molar-refractivity contribution is 6.05. The zero-order valence-corrected chi connectivity index (χ0v) is 11.5. The molecule has 3 rings (SSSR count). The minimum Gasteiger partial charge on any atom is -0.309 e. The molecule has 0 N–H and O–H groups in total. The van der Waals surface area contributed by atoms with Crippen LogP contribution in [0, 0.1) is 5.92 Å². The van der Waals surface area contributed by atoms with Crippen LogP contribution in [0.3, 0.4) is 0 Å². The van der Waals surface area contributed by atoms with Gasteiger partial charge in [0, 0.05) is 18.0 Å². The summed E-state index contributed by atoms with van der Waals surface area (Å²) < 4.78 is 0. The first kappa shape index (κ1) is 12.4. The molecular formula is C17H19NO. The monoisotopic (exact) mass is 253 g/mol. The van der Waals surface area contributed by atoms with E-state index in [0.29, 0.717) is 5.78 Å². The van der Waals surface area contributed by atoms with Crippen molar-refractivity contribution < 1.29 is 4.79 Å². The van der Waals surface area contributed by atoms with E-state index in [9.17, 15) is 4.79 Å². The number of carbonyl (C=O) groups is 1. The Hall–Kier alpha value is -1.67. The molecule has 0 amide bonds. The maximum Gasteiger partial charge on any atom is 0.167 e. The molecule has 1 aliphatic carbocycles. The highest BCUT2D eigenvalue weighted by Gasteiger charge is 2.28. The number of rotatable bonds is 2. The maximum atomic E-state index is 12.6. The normalized spacial score (nSPS) is 18.9. The molecule has 0 aromatic heterocycles. The summed E-state index contributed by atoms with van der Waals surface area (Å²) >= 11 is 0. The van der Waals surface area contributed by atoms with Crippen molar-refractivity contribution in [1.29, 1.82) is 0 Å². The van der Waals surface area contributed by atoms with Crippen molar-refractivity contribution in [3.8, 4) is 0 Å². The predicted octanol–water partition coefficient (Wildman–Crippen LogP) is 3.15. The highest BCUT2D eigenvalue weighted by atomic mass is 16.1. The highest BCUT2D eigenvalue weighted by Crippen LogP contribution is 2.31. The molecule has 2 aromatic carbocycles. The third kappa shape index (κ3) is 2.17. The van der Waals surface area contributed by atoms with Crippen molar-refractivity contribution in [2.75, 3.05) is 20.6 Å². The van der Waals surface area contributed by atoms with Crippen molar-refractivity contribution in [3.63, 3.8) is 0 Å². The Balaban J connectivity index is 2.05. The van der Waals surface area contributed by atoms with Crippen LogP contribution in [0.25, 0.3) is 10.8 Å². The molecule has 1 atom stereocenters. The van der Waals surface area contributed by atoms with Crippen molar-refractivity contribution in [3.05, 3.63) is 47.5 Å². The van der Waals surface area contributed by atoms with Crippen LogP contribution in [0.1, 0.15) is 22.3 Å². The number of hydrogen-bond acceptors (Lipinski definition) is 2. The third-order valence-electron chi connectivity index (χ3n) is 4.01. The third-order valence-corrected chi connectivity index (χ3v) is 4.01. The first-order valence-electron chi connectivity index (χ1n) is 6.86. The van der Waals surface area contributed by atoms with Gasteiger partial charge in [0.05, 0.1) is 0 Å². The van der Waals surface area contributed by atoms with Gasteiger partial charge < -0.3 is 4.90 Å². The summed E-state index contributed by atoms with van der Waals surface area (Å²) in [6.45, 7) is 0.852. The maximum absolute atomic E-state index is 12.6. The van der Waals surface area contributed by atoms with Gasteiger partial charge >= 0.3 is 0 Å². The van der Waals surface area contributed by atoms with Gasteiger partial charge in [-0.1, -0.05) is 36.4 Å². The lowest BCUT2D eigenvalue weighted by molar-refractivity contribution is 0.0878. The zero-order valence-electron chi connectivity index (χ0n) is 11.5. The number of Topliss-reactive ketones (excluding diaryl/α,β-unsaturated/α-hetero) is 1. The summed E-state index contributed by atoms with van der Waals surface area (Å²) in [6, 6.07) is 12.4. The van der Waals surface area contributed by atoms with Crippen LogP contribution in [0.15, 0.2) is 36.4 Å². The van der Waals surface area contributed by atoms with Gasteiger partial charge in [0.25, 0.3) is 0 Å². The summed E-state index contributed by atoms with van der Waals surface area (Å²) in [6.07, 6.45) is 1.99. The smallest absolute Gasteiger partial charge is 0.167 e. The Labute approximate surface area is 114 Å². The van der Waals surface area contributed by atoms with Gasteiger partial charge in [0.2, 0.25) is 0 Å². The molecule has 0 radical (unpaired) electrons. The standard InChI is InChI=1S/C17H19NO/c1-18(2)11-13-8-9-15-14-6-4-3-5-12(14)7-10-16(15)17(13)19/h3-7,10,13H,8-9,11H2,1-2H3/t13-/m0/s1. The molecule has 0 saturated heterocycles. The van der Waals surface area contributed by atoms with E-state index in [1.165, 1.54) is 16.3 Å². The number of fused-ring (bicyclic) bond motifs is 3. The summed E-state index contributed by atoms with van der Waals surface area (Å²) in [7, 11) is 4.06. The largest absolute Gasteiger partial charge is 0.309 e. The number of aryl methyl sites for hydroxylation is 1. The van der Waals surface area contributed by atoms with E-state index < -0.39 is 0 Å². The molecule has 0 bridgehead atoms. The quantitative estimate of drug-likeness (QED) is 0.819. The number of nitrogens with zero attached hydrogens (tertiary/aromatic N) is 1. The van der Waals surface area contributed by atoms with Crippen LogP contribution in [-0.4, -0.2) is 31.3 Å². The zero-order chi connectivity index (χ0) is 13.4. The molecule has 0 heterocycles. The van der Waals surface area contributed by atoms with Gasteiger partial charge in [-0.3, -0.25) is 4.79 Å². The predicted molar refractivity (Wildman–Crippen MR) is 78.6 cm³/mol. The van der Waals surface area contributed by atoms with Gasteiger partial charge in [0.15, 0.2) is 5.78 Å². The Morgan fingerprint density at radius 2 is 1.95 bits per heavy atom. The minimum absolute atomic E-state index is 0.156. The molecule has 19 heavy (non-hydrogen) atoms. The van der Waals surface area contributed by atoms with Crippen molar-refractivity contribution in [2.45, 2.75) is 12.8 Å². The Kier molecular flexibility index (Phi) is 3.11. The second-order valence-corrected chi connectivity index (χ2v) is 5.67. The molecule has 0 aliphatic heterocycles. The molecule has 98 valence electrons. The Morgan fingerprint density at radius 3 is 2.74 bits per heavy atom. The van der Waals surface area contributed by atoms with E-state index in [2.05, 4.69) is 29.2 Å². The van der Waals surface area contributed by atoms with Crippen LogP contribution < -0.4 is 0 Å². The van der Waals surface area contributed by atoms with Crippen molar-refractivity contribution in [1.82, 2.24) is 4.90 Å². The van der Waals surface area contributed by atoms with Gasteiger partial charge in [-0.15, -0.1) is 0 Å². The molecule has 0 saturated carbocycles. The molecular weight excluding hydrogens is 234 g/mol. The molecule has 2 nitrogen and oxygen atoms in total. The van der Waals surface area contributed by atoms with Gasteiger partial charge in [0.1, 0.15) is 0 Å². The van der Waals surface area contributed by atoms with Crippen molar-refractivity contribution in [2.24, 2.45) is 5.92 Å². The fraction of sp³-hybridized carbons (Fsp3) is 0.353. The number of carbonyl (C=O) groups excluding carboxylic acids is 1. The Bertz CT molecular complexity index is 630. The second-order valence-electron chi connectivity index (χ2n) is 5.67. The van der Waals surface area contributed by atoms with Crippen LogP contribution in [-0.2, 0) is 6.42 Å². The molecule has 0 fully saturated rings. The number of ketones is 1. The second kappa shape index (κ2) is 4.78. The van der Waals surface area contributed by atoms with E-state index in [-0.39, 0.29) is 5.92 Å². The minimum atomic E-state index is 0.156. The average molecular weight is 253 g/mol. The van der Waals surface area contributed by atoms with E-state index >= 15 is 0 Å². The van der Waals surface area contributed by atoms with E-state index in [1.807, 2.05) is 26.2 Å². The molecule has 2 aromatic rings. The van der Waals surface area contributed by atoms with E-state index in [1.54, 1.807) is 0 Å². The first-order valence-corrected chi connectivity index (χ1v) is 6.86. The molecule has 0 unspecified atom stereocenters. The Morgan fingerprint density at radius 1 is 1.16 bits per heavy atom. The first-order chi connectivity index (χ1) is 9.16. The lowest BCUT2D eigenvalue weighted by atomic mass is 9.80. The van der Waals surface area contributed by atoms with Crippen LogP contribution in [0.2, 0.25) is 0 Å². The van der Waals surface area contributed by atoms with E-state index in [4.69, 9.17) is 0 Å². The van der Waals surface area contributed by atoms with Crippen LogP contribution >= 0.6 is 0 Å². The molecule has 1 aliphatic rings. The fourth-order valence-corrected chi connectivity index (χ4v) is 3.12. The lowest BCUT2D eigenvalue weighted by Gasteiger charge is -2.26. The van der Waals surface area contributed by atoms with Crippen LogP contribution in [0.5, 0.6) is 0 Å². The van der Waals surface area contributed by atoms with Gasteiger partial charge in [-0.2, -0.15) is 0 Å². The van der Waals surface area contributed by atoms with Crippen LogP contribution in [0.4, 0.5) is 0 Å². The number of hydrogen-bond donors (Lipinski definition) is 0. The lowest BCUT2D eigenvalue weighted by Crippen LogP contribution is -2.31. The summed E-state index contributed by atoms with van der Waals surface area (Å²) in [5.74, 6) is 0.476. The van der Waals surface area contributed by atoms with E-state index in [0.717, 1.165) is 24.9 Å². The summed E-state index contributed by atoms with van der Waals surface area (Å²) in [4.78, 5) is 14.7. The topological polar surface area (TPSA) is 20.3 Å². The summed E-state index contributed by atoms with van der Waals surface area (Å²) in [5.41, 5.74) is 2.19. The molecule has 2 heteroatoms. The van der Waals surface area contributed by atoms with Crippen molar-refractivity contribution >= 4 is 16.6 Å². The van der Waals surface area contributed by atoms with Gasteiger partial charge in [-0.05, 0) is 43.3 Å². The summed E-state index contributed by atoms with van der Waals surface area (Å²) in [5, 5.41) is 2.48. The SMILES string of the molecule is CN(C)C[C@@H]1CCc2c(ccc3ccccc23)C1=O. The molecule has 0 spiro atoms. The average Bonchev–Trinajstić information content (AvgIpc) is 2.41. The fourth-order valence-electron chi connectivity index (χ4n) is 3.12. The van der Waals surface area contributed by atoms with Gasteiger partial charge in [-0.25, -0.2) is 0 Å².